The van der Waals surface area contributed by atoms with E-state index in [0.29, 0.717) is 5.75 Å². The van der Waals surface area contributed by atoms with Gasteiger partial charge in [-0.2, -0.15) is 10.5 Å². The van der Waals surface area contributed by atoms with Gasteiger partial charge in [0.05, 0.1) is 6.61 Å². The molecule has 1 aromatic heterocycles. The van der Waals surface area contributed by atoms with Crippen molar-refractivity contribution < 1.29 is 9.84 Å². The molecule has 0 saturated carbocycles. The Morgan fingerprint density at radius 2 is 2.25 bits per heavy atom. The molecule has 102 valence electrons. The maximum atomic E-state index is 8.99. The average molecular weight is 272 g/mol. The Bertz CT molecular complexity index is 600. The molecule has 0 unspecified atom stereocenters. The fourth-order valence-corrected chi connectivity index (χ4v) is 1.39. The summed E-state index contributed by atoms with van der Waals surface area (Å²) in [6, 6.07) is 9.06. The summed E-state index contributed by atoms with van der Waals surface area (Å²) in [5.41, 5.74) is 1.04. The smallest absolute Gasteiger partial charge is 0.216 e. The lowest BCUT2D eigenvalue weighted by Crippen LogP contribution is -2.01. The first kappa shape index (κ1) is 13.5. The highest BCUT2D eigenvalue weighted by Crippen LogP contribution is 2.16. The van der Waals surface area contributed by atoms with E-state index in [2.05, 4.69) is 25.9 Å². The first-order valence-electron chi connectivity index (χ1n) is 5.78. The highest BCUT2D eigenvalue weighted by molar-refractivity contribution is 5.74. The number of tetrazole rings is 1. The molecule has 20 heavy (non-hydrogen) atoms. The van der Waals surface area contributed by atoms with Crippen molar-refractivity contribution in [3.05, 3.63) is 36.3 Å². The number of H-pyrrole nitrogens is 1. The van der Waals surface area contributed by atoms with Gasteiger partial charge in [0.1, 0.15) is 24.0 Å². The van der Waals surface area contributed by atoms with E-state index < -0.39 is 0 Å². The number of anilines is 1. The van der Waals surface area contributed by atoms with E-state index >= 15 is 0 Å². The van der Waals surface area contributed by atoms with E-state index in [4.69, 9.17) is 15.1 Å². The topological polar surface area (TPSA) is 120 Å². The number of nitriles is 1. The molecule has 0 fully saturated rings. The molecule has 8 heteroatoms. The Kier molecular flexibility index (Phi) is 4.64. The predicted molar refractivity (Wildman–Crippen MR) is 70.4 cm³/mol. The number of rotatable bonds is 6. The van der Waals surface area contributed by atoms with Crippen LogP contribution >= 0.6 is 0 Å². The van der Waals surface area contributed by atoms with Crippen molar-refractivity contribution in [2.75, 3.05) is 18.5 Å². The molecule has 1 heterocycles. The summed E-state index contributed by atoms with van der Waals surface area (Å²) < 4.78 is 5.24. The van der Waals surface area contributed by atoms with Crippen LogP contribution in [0.25, 0.3) is 5.57 Å². The molecular formula is C12H12N6O2. The number of hydrogen-bond acceptors (Lipinski definition) is 7. The van der Waals surface area contributed by atoms with E-state index in [1.165, 1.54) is 6.20 Å². The lowest BCUT2D eigenvalue weighted by Gasteiger charge is -2.05. The Labute approximate surface area is 114 Å². The van der Waals surface area contributed by atoms with Crippen molar-refractivity contribution >= 4 is 11.3 Å². The van der Waals surface area contributed by atoms with Gasteiger partial charge in [-0.15, -0.1) is 10.2 Å². The number of allylic oxidation sites excluding steroid dienone is 1. The molecule has 2 rings (SSSR count). The predicted octanol–water partition coefficient (Wildman–Crippen LogP) is 0.547. The summed E-state index contributed by atoms with van der Waals surface area (Å²) in [4.78, 5) is 0. The molecule has 0 spiro atoms. The van der Waals surface area contributed by atoms with Crippen molar-refractivity contribution in [3.63, 3.8) is 0 Å². The zero-order valence-corrected chi connectivity index (χ0v) is 10.4. The quantitative estimate of drug-likeness (QED) is 0.656. The maximum Gasteiger partial charge on any atom is 0.216 e. The van der Waals surface area contributed by atoms with Crippen LogP contribution in [0.15, 0.2) is 30.5 Å². The molecule has 8 nitrogen and oxygen atoms in total. The highest BCUT2D eigenvalue weighted by atomic mass is 16.5. The number of hydrogen-bond donors (Lipinski definition) is 3. The molecule has 0 aliphatic carbocycles. The monoisotopic (exact) mass is 272 g/mol. The van der Waals surface area contributed by atoms with E-state index in [1.807, 2.05) is 6.07 Å². The number of benzene rings is 1. The summed E-state index contributed by atoms with van der Waals surface area (Å²) in [6.07, 6.45) is 1.49. The van der Waals surface area contributed by atoms with Crippen LogP contribution in [0.3, 0.4) is 0 Å². The Morgan fingerprint density at radius 1 is 1.45 bits per heavy atom. The van der Waals surface area contributed by atoms with Gasteiger partial charge in [-0.05, 0) is 29.5 Å². The third-order valence-corrected chi connectivity index (χ3v) is 2.30. The van der Waals surface area contributed by atoms with Crippen molar-refractivity contribution in [3.8, 4) is 11.8 Å². The van der Waals surface area contributed by atoms with Gasteiger partial charge in [-0.25, -0.2) is 0 Å². The van der Waals surface area contributed by atoms with E-state index in [9.17, 15) is 0 Å². The van der Waals surface area contributed by atoms with Crippen LogP contribution < -0.4 is 10.1 Å². The molecule has 0 radical (unpaired) electrons. The minimum atomic E-state index is -0.0288. The summed E-state index contributed by atoms with van der Waals surface area (Å²) in [5.74, 6) is 0.884. The van der Waals surface area contributed by atoms with Gasteiger partial charge in [0.25, 0.3) is 0 Å². The van der Waals surface area contributed by atoms with Crippen LogP contribution in [0.2, 0.25) is 0 Å². The Morgan fingerprint density at radius 3 is 2.85 bits per heavy atom. The van der Waals surface area contributed by atoms with Gasteiger partial charge < -0.3 is 15.2 Å². The van der Waals surface area contributed by atoms with Crippen molar-refractivity contribution in [2.45, 2.75) is 0 Å². The van der Waals surface area contributed by atoms with Gasteiger partial charge in [0.15, 0.2) is 0 Å². The van der Waals surface area contributed by atoms with Crippen molar-refractivity contribution in [2.24, 2.45) is 0 Å². The van der Waals surface area contributed by atoms with Gasteiger partial charge >= 0.3 is 0 Å². The lowest BCUT2D eigenvalue weighted by atomic mass is 10.3. The summed E-state index contributed by atoms with van der Waals surface area (Å²) >= 11 is 0. The number of ether oxygens (including phenoxy) is 1. The Balaban J connectivity index is 2.01. The molecule has 1 aromatic carbocycles. The number of nitrogens with zero attached hydrogens (tertiary/aromatic N) is 4. The Hall–Kier alpha value is -2.92. The van der Waals surface area contributed by atoms with Crippen LogP contribution in [0.5, 0.6) is 5.75 Å². The minimum absolute atomic E-state index is 0.0288. The van der Waals surface area contributed by atoms with Gasteiger partial charge in [-0.3, -0.25) is 0 Å². The van der Waals surface area contributed by atoms with E-state index in [1.54, 1.807) is 24.3 Å². The van der Waals surface area contributed by atoms with Crippen LogP contribution in [0.1, 0.15) is 5.82 Å². The molecule has 3 N–H and O–H groups in total. The summed E-state index contributed by atoms with van der Waals surface area (Å²) in [7, 11) is 0. The molecule has 0 saturated heterocycles. The van der Waals surface area contributed by atoms with Crippen LogP contribution in [0.4, 0.5) is 5.69 Å². The molecule has 0 atom stereocenters. The van der Waals surface area contributed by atoms with E-state index in [0.717, 1.165) is 5.69 Å². The second-order valence-corrected chi connectivity index (χ2v) is 3.65. The summed E-state index contributed by atoms with van der Waals surface area (Å²) in [5, 5.41) is 33.7. The zero-order chi connectivity index (χ0) is 14.2. The number of aliphatic hydroxyl groups excluding tert-OH is 1. The SMILES string of the molecule is N#CC(=CNc1ccc(OCCO)cc1)c1nn[nH]n1. The first-order chi connectivity index (χ1) is 9.83. The number of aliphatic hydroxyl groups is 1. The molecule has 0 amide bonds. The first-order valence-corrected chi connectivity index (χ1v) is 5.78. The fraction of sp³-hybridized carbons (Fsp3) is 0.167. The second kappa shape index (κ2) is 6.86. The highest BCUT2D eigenvalue weighted by Gasteiger charge is 2.05. The van der Waals surface area contributed by atoms with Gasteiger partial charge in [0, 0.05) is 11.9 Å². The molecule has 0 bridgehead atoms. The van der Waals surface area contributed by atoms with Crippen molar-refractivity contribution in [1.82, 2.24) is 20.6 Å². The normalized spacial score (nSPS) is 10.9. The van der Waals surface area contributed by atoms with Gasteiger partial charge in [-0.1, -0.05) is 0 Å². The number of aromatic amines is 1. The number of nitrogens with one attached hydrogen (secondary N) is 2. The van der Waals surface area contributed by atoms with E-state index in [-0.39, 0.29) is 24.6 Å². The van der Waals surface area contributed by atoms with Crippen molar-refractivity contribution in [1.29, 1.82) is 5.26 Å². The number of aromatic nitrogens is 4. The van der Waals surface area contributed by atoms with Crippen LogP contribution in [0, 0.1) is 11.3 Å². The fourth-order valence-electron chi connectivity index (χ4n) is 1.39. The minimum Gasteiger partial charge on any atom is -0.491 e. The standard InChI is InChI=1S/C12H12N6O2/c13-7-9(12-15-17-18-16-12)8-14-10-1-3-11(4-2-10)20-6-5-19/h1-4,8,14,19H,5-6H2,(H,15,16,17,18). The summed E-state index contributed by atoms with van der Waals surface area (Å²) in [6.45, 7) is 0.224. The van der Waals surface area contributed by atoms with Gasteiger partial charge in [0.2, 0.25) is 5.82 Å². The molecule has 0 aliphatic heterocycles. The lowest BCUT2D eigenvalue weighted by molar-refractivity contribution is 0.201. The maximum absolute atomic E-state index is 8.99. The third-order valence-electron chi connectivity index (χ3n) is 2.30. The average Bonchev–Trinajstić information content (AvgIpc) is 3.01. The van der Waals surface area contributed by atoms with Crippen LogP contribution in [-0.2, 0) is 0 Å². The molecule has 0 aliphatic rings. The zero-order valence-electron chi connectivity index (χ0n) is 10.4. The second-order valence-electron chi connectivity index (χ2n) is 3.65. The molecular weight excluding hydrogens is 260 g/mol. The third kappa shape index (κ3) is 3.54. The van der Waals surface area contributed by atoms with Crippen LogP contribution in [-0.4, -0.2) is 38.9 Å². The largest absolute Gasteiger partial charge is 0.491 e. The molecule has 2 aromatic rings.